The lowest BCUT2D eigenvalue weighted by Gasteiger charge is -2.37. The predicted octanol–water partition coefficient (Wildman–Crippen LogP) is 2.14. The average molecular weight is 283 g/mol. The summed E-state index contributed by atoms with van der Waals surface area (Å²) in [6, 6.07) is 1.49. The molecule has 0 bridgehead atoms. The monoisotopic (exact) mass is 283 g/mol. The number of likely N-dealkylation sites (N-methyl/N-ethyl adjacent to an activating group) is 1. The van der Waals surface area contributed by atoms with Gasteiger partial charge in [0.25, 0.3) is 0 Å². The first kappa shape index (κ1) is 17.4. The molecule has 1 rings (SSSR count). The van der Waals surface area contributed by atoms with Gasteiger partial charge in [0.05, 0.1) is 6.04 Å². The summed E-state index contributed by atoms with van der Waals surface area (Å²) in [5.74, 6) is 0.178. The second-order valence-electron chi connectivity index (χ2n) is 6.16. The van der Waals surface area contributed by atoms with E-state index in [9.17, 15) is 4.79 Å². The first-order chi connectivity index (χ1) is 9.53. The number of amides is 1. The van der Waals surface area contributed by atoms with E-state index in [4.69, 9.17) is 0 Å². The van der Waals surface area contributed by atoms with Crippen molar-refractivity contribution in [2.24, 2.45) is 0 Å². The zero-order valence-electron chi connectivity index (χ0n) is 13.9. The summed E-state index contributed by atoms with van der Waals surface area (Å²) in [5.41, 5.74) is 0. The number of carbonyl (C=O) groups excluding carboxylic acids is 1. The van der Waals surface area contributed by atoms with E-state index in [1.165, 1.54) is 25.7 Å². The summed E-state index contributed by atoms with van der Waals surface area (Å²) in [5, 5.41) is 6.52. The third-order valence-electron chi connectivity index (χ3n) is 5.00. The Hall–Kier alpha value is -0.610. The van der Waals surface area contributed by atoms with Crippen LogP contribution in [-0.2, 0) is 4.79 Å². The first-order valence-electron chi connectivity index (χ1n) is 8.22. The quantitative estimate of drug-likeness (QED) is 0.752. The maximum Gasteiger partial charge on any atom is 0.237 e. The maximum absolute atomic E-state index is 12.3. The second kappa shape index (κ2) is 8.63. The zero-order valence-corrected chi connectivity index (χ0v) is 13.9. The standard InChI is InChI=1S/C16H33N3O/c1-6-13(7-2)18-16(20)12(3)19(5)15-10-8-14(17-4)9-11-15/h12-15,17H,6-11H2,1-5H3,(H,18,20). The minimum absolute atomic E-state index is 0.0354. The van der Waals surface area contributed by atoms with Gasteiger partial charge in [-0.25, -0.2) is 0 Å². The van der Waals surface area contributed by atoms with Gasteiger partial charge in [-0.3, -0.25) is 9.69 Å². The molecular formula is C16H33N3O. The van der Waals surface area contributed by atoms with E-state index in [0.29, 0.717) is 18.1 Å². The summed E-state index contributed by atoms with van der Waals surface area (Å²) < 4.78 is 0. The number of nitrogens with one attached hydrogen (secondary N) is 2. The second-order valence-corrected chi connectivity index (χ2v) is 6.16. The van der Waals surface area contributed by atoms with Crippen molar-refractivity contribution < 1.29 is 4.79 Å². The van der Waals surface area contributed by atoms with Crippen molar-refractivity contribution in [3.8, 4) is 0 Å². The summed E-state index contributed by atoms with van der Waals surface area (Å²) >= 11 is 0. The molecule has 0 aromatic heterocycles. The normalized spacial score (nSPS) is 24.9. The lowest BCUT2D eigenvalue weighted by molar-refractivity contribution is -0.127. The smallest absolute Gasteiger partial charge is 0.237 e. The van der Waals surface area contributed by atoms with Crippen LogP contribution in [0, 0.1) is 0 Å². The SMILES string of the molecule is CCC(CC)NC(=O)C(C)N(C)C1CCC(NC)CC1. The first-order valence-corrected chi connectivity index (χ1v) is 8.22. The fourth-order valence-corrected chi connectivity index (χ4v) is 3.09. The number of hydrogen-bond acceptors (Lipinski definition) is 3. The molecular weight excluding hydrogens is 250 g/mol. The molecule has 0 aromatic carbocycles. The van der Waals surface area contributed by atoms with Gasteiger partial charge < -0.3 is 10.6 Å². The van der Waals surface area contributed by atoms with Gasteiger partial charge in [0.15, 0.2) is 0 Å². The molecule has 1 fully saturated rings. The van der Waals surface area contributed by atoms with Gasteiger partial charge in [-0.2, -0.15) is 0 Å². The van der Waals surface area contributed by atoms with E-state index >= 15 is 0 Å². The van der Waals surface area contributed by atoms with Crippen molar-refractivity contribution in [2.75, 3.05) is 14.1 Å². The summed E-state index contributed by atoms with van der Waals surface area (Å²) in [4.78, 5) is 14.6. The van der Waals surface area contributed by atoms with Crippen LogP contribution in [-0.4, -0.2) is 49.1 Å². The molecule has 0 heterocycles. The molecule has 0 aliphatic heterocycles. The third kappa shape index (κ3) is 4.74. The number of rotatable bonds is 7. The molecule has 1 saturated carbocycles. The van der Waals surface area contributed by atoms with Crippen molar-refractivity contribution in [1.82, 2.24) is 15.5 Å². The molecule has 2 N–H and O–H groups in total. The van der Waals surface area contributed by atoms with Crippen LogP contribution >= 0.6 is 0 Å². The van der Waals surface area contributed by atoms with E-state index < -0.39 is 0 Å². The third-order valence-corrected chi connectivity index (χ3v) is 5.00. The summed E-state index contributed by atoms with van der Waals surface area (Å²) in [6.07, 6.45) is 6.81. The van der Waals surface area contributed by atoms with Gasteiger partial charge in [0.1, 0.15) is 0 Å². The van der Waals surface area contributed by atoms with Crippen LogP contribution in [0.3, 0.4) is 0 Å². The Morgan fingerprint density at radius 1 is 1.20 bits per heavy atom. The van der Waals surface area contributed by atoms with E-state index in [2.05, 4.69) is 36.4 Å². The highest BCUT2D eigenvalue weighted by atomic mass is 16.2. The Kier molecular flexibility index (Phi) is 7.52. The Bertz CT molecular complexity index is 283. The Labute approximate surface area is 124 Å². The molecule has 20 heavy (non-hydrogen) atoms. The Balaban J connectivity index is 2.45. The maximum atomic E-state index is 12.3. The molecule has 1 aliphatic carbocycles. The van der Waals surface area contributed by atoms with E-state index in [1.807, 2.05) is 14.0 Å². The lowest BCUT2D eigenvalue weighted by Crippen LogP contribution is -2.51. The van der Waals surface area contributed by atoms with Gasteiger partial charge in [0, 0.05) is 18.1 Å². The molecule has 1 aliphatic rings. The van der Waals surface area contributed by atoms with Crippen LogP contribution in [0.5, 0.6) is 0 Å². The number of hydrogen-bond donors (Lipinski definition) is 2. The van der Waals surface area contributed by atoms with Crippen LogP contribution in [0.2, 0.25) is 0 Å². The fourth-order valence-electron chi connectivity index (χ4n) is 3.09. The van der Waals surface area contributed by atoms with E-state index in [1.54, 1.807) is 0 Å². The Morgan fingerprint density at radius 3 is 2.20 bits per heavy atom. The zero-order chi connectivity index (χ0) is 15.1. The number of nitrogens with zero attached hydrogens (tertiary/aromatic N) is 1. The van der Waals surface area contributed by atoms with Crippen LogP contribution in [0.15, 0.2) is 0 Å². The molecule has 4 nitrogen and oxygen atoms in total. The highest BCUT2D eigenvalue weighted by Crippen LogP contribution is 2.23. The predicted molar refractivity (Wildman–Crippen MR) is 84.8 cm³/mol. The minimum Gasteiger partial charge on any atom is -0.352 e. The Morgan fingerprint density at radius 2 is 1.75 bits per heavy atom. The number of carbonyl (C=O) groups is 1. The molecule has 0 spiro atoms. The lowest BCUT2D eigenvalue weighted by atomic mass is 9.90. The highest BCUT2D eigenvalue weighted by molar-refractivity contribution is 5.81. The molecule has 1 amide bonds. The molecule has 0 aromatic rings. The van der Waals surface area contributed by atoms with Gasteiger partial charge in [-0.15, -0.1) is 0 Å². The minimum atomic E-state index is -0.0354. The topological polar surface area (TPSA) is 44.4 Å². The van der Waals surface area contributed by atoms with Crippen molar-refractivity contribution in [3.63, 3.8) is 0 Å². The van der Waals surface area contributed by atoms with Crippen LogP contribution in [0.1, 0.15) is 59.3 Å². The molecule has 0 radical (unpaired) electrons. The van der Waals surface area contributed by atoms with E-state index in [-0.39, 0.29) is 11.9 Å². The molecule has 4 heteroatoms. The van der Waals surface area contributed by atoms with Gasteiger partial charge >= 0.3 is 0 Å². The molecule has 1 unspecified atom stereocenters. The summed E-state index contributed by atoms with van der Waals surface area (Å²) in [6.45, 7) is 6.28. The summed E-state index contributed by atoms with van der Waals surface area (Å²) in [7, 11) is 4.14. The fraction of sp³-hybridized carbons (Fsp3) is 0.938. The van der Waals surface area contributed by atoms with Crippen molar-refractivity contribution in [3.05, 3.63) is 0 Å². The van der Waals surface area contributed by atoms with Crippen LogP contribution < -0.4 is 10.6 Å². The van der Waals surface area contributed by atoms with Crippen LogP contribution in [0.4, 0.5) is 0 Å². The van der Waals surface area contributed by atoms with Crippen molar-refractivity contribution in [1.29, 1.82) is 0 Å². The van der Waals surface area contributed by atoms with Crippen molar-refractivity contribution in [2.45, 2.75) is 83.5 Å². The van der Waals surface area contributed by atoms with E-state index in [0.717, 1.165) is 12.8 Å². The van der Waals surface area contributed by atoms with Gasteiger partial charge in [0.2, 0.25) is 5.91 Å². The average Bonchev–Trinajstić information content (AvgIpc) is 2.50. The van der Waals surface area contributed by atoms with Gasteiger partial charge in [-0.1, -0.05) is 13.8 Å². The molecule has 0 saturated heterocycles. The molecule has 1 atom stereocenters. The largest absolute Gasteiger partial charge is 0.352 e. The molecule has 118 valence electrons. The highest BCUT2D eigenvalue weighted by Gasteiger charge is 2.28. The van der Waals surface area contributed by atoms with Crippen molar-refractivity contribution >= 4 is 5.91 Å². The van der Waals surface area contributed by atoms with Crippen LogP contribution in [0.25, 0.3) is 0 Å². The van der Waals surface area contributed by atoms with Gasteiger partial charge in [-0.05, 0) is 59.5 Å².